The van der Waals surface area contributed by atoms with Crippen LogP contribution in [0.2, 0.25) is 0 Å². The van der Waals surface area contributed by atoms with Gasteiger partial charge in [-0.15, -0.1) is 0 Å². The number of carbonyl (C=O) groups is 1. The number of nitro groups is 1. The van der Waals surface area contributed by atoms with E-state index in [9.17, 15) is 19.7 Å². The third-order valence-corrected chi connectivity index (χ3v) is 3.95. The summed E-state index contributed by atoms with van der Waals surface area (Å²) in [6.45, 7) is 1.91. The van der Waals surface area contributed by atoms with E-state index < -0.39 is 10.5 Å². The van der Waals surface area contributed by atoms with Crippen molar-refractivity contribution in [3.63, 3.8) is 0 Å². The van der Waals surface area contributed by atoms with Gasteiger partial charge in [0.15, 0.2) is 0 Å². The van der Waals surface area contributed by atoms with Crippen LogP contribution < -0.4 is 10.9 Å². The lowest BCUT2D eigenvalue weighted by Gasteiger charge is -2.29. The van der Waals surface area contributed by atoms with E-state index in [1.54, 1.807) is 0 Å². The predicted octanol–water partition coefficient (Wildman–Crippen LogP) is 1.45. The van der Waals surface area contributed by atoms with Crippen LogP contribution >= 0.6 is 0 Å². The van der Waals surface area contributed by atoms with Gasteiger partial charge in [0.1, 0.15) is 6.54 Å². The standard InChI is InChI=1S/C14H19N3O4/c1-10-4-2-3-5-12(10)15-13(18)9-16-8-11(17(20)21)6-7-14(16)19/h6-8,10,12H,2-5,9H2,1H3,(H,15,18)/t10-,12-/m0/s1. The van der Waals surface area contributed by atoms with E-state index in [2.05, 4.69) is 12.2 Å². The molecule has 21 heavy (non-hydrogen) atoms. The number of amides is 1. The summed E-state index contributed by atoms with van der Waals surface area (Å²) in [5.74, 6) is 0.140. The van der Waals surface area contributed by atoms with Gasteiger partial charge in [-0.25, -0.2) is 0 Å². The molecule has 114 valence electrons. The Morgan fingerprint density at radius 2 is 2.14 bits per heavy atom. The van der Waals surface area contributed by atoms with Gasteiger partial charge in [0, 0.05) is 18.2 Å². The topological polar surface area (TPSA) is 94.2 Å². The average molecular weight is 293 g/mol. The highest BCUT2D eigenvalue weighted by atomic mass is 16.6. The predicted molar refractivity (Wildman–Crippen MR) is 76.9 cm³/mol. The van der Waals surface area contributed by atoms with Crippen LogP contribution in [0.25, 0.3) is 0 Å². The number of rotatable bonds is 4. The second-order valence-electron chi connectivity index (χ2n) is 5.55. The smallest absolute Gasteiger partial charge is 0.285 e. The van der Waals surface area contributed by atoms with Gasteiger partial charge in [0.2, 0.25) is 5.91 Å². The van der Waals surface area contributed by atoms with E-state index in [4.69, 9.17) is 0 Å². The Morgan fingerprint density at radius 1 is 1.43 bits per heavy atom. The first kappa shape index (κ1) is 15.2. The van der Waals surface area contributed by atoms with Crippen LogP contribution in [0.3, 0.4) is 0 Å². The van der Waals surface area contributed by atoms with E-state index >= 15 is 0 Å². The van der Waals surface area contributed by atoms with Crippen molar-refractivity contribution in [3.8, 4) is 0 Å². The fourth-order valence-electron chi connectivity index (χ4n) is 2.69. The number of nitrogens with one attached hydrogen (secondary N) is 1. The van der Waals surface area contributed by atoms with E-state index in [0.29, 0.717) is 5.92 Å². The molecule has 1 fully saturated rings. The number of nitrogens with zero attached hydrogens (tertiary/aromatic N) is 2. The average Bonchev–Trinajstić information content (AvgIpc) is 2.43. The van der Waals surface area contributed by atoms with Crippen molar-refractivity contribution in [1.29, 1.82) is 0 Å². The Kier molecular flexibility index (Phi) is 4.72. The minimum Gasteiger partial charge on any atom is -0.352 e. The lowest BCUT2D eigenvalue weighted by atomic mass is 9.86. The Bertz CT molecular complexity index is 596. The third-order valence-electron chi connectivity index (χ3n) is 3.95. The molecular weight excluding hydrogens is 274 g/mol. The first-order chi connectivity index (χ1) is 9.97. The molecule has 0 radical (unpaired) electrons. The van der Waals surface area contributed by atoms with Gasteiger partial charge in [-0.05, 0) is 18.8 Å². The zero-order valence-corrected chi connectivity index (χ0v) is 11.9. The molecule has 0 spiro atoms. The molecule has 1 saturated carbocycles. The van der Waals surface area contributed by atoms with Crippen LogP contribution in [0.5, 0.6) is 0 Å². The zero-order chi connectivity index (χ0) is 15.4. The summed E-state index contributed by atoms with van der Waals surface area (Å²) in [5, 5.41) is 13.6. The lowest BCUT2D eigenvalue weighted by molar-refractivity contribution is -0.385. The zero-order valence-electron chi connectivity index (χ0n) is 11.9. The van der Waals surface area contributed by atoms with Crippen LogP contribution in [0.1, 0.15) is 32.6 Å². The maximum atomic E-state index is 12.0. The first-order valence-corrected chi connectivity index (χ1v) is 7.11. The van der Waals surface area contributed by atoms with Crippen LogP contribution in [-0.4, -0.2) is 21.4 Å². The van der Waals surface area contributed by atoms with Gasteiger partial charge in [-0.2, -0.15) is 0 Å². The summed E-state index contributed by atoms with van der Waals surface area (Å²) in [7, 11) is 0. The molecule has 1 aromatic rings. The molecule has 2 rings (SSSR count). The summed E-state index contributed by atoms with van der Waals surface area (Å²) >= 11 is 0. The summed E-state index contributed by atoms with van der Waals surface area (Å²) in [6, 6.07) is 2.37. The van der Waals surface area contributed by atoms with Crippen molar-refractivity contribution in [1.82, 2.24) is 9.88 Å². The van der Waals surface area contributed by atoms with Crippen molar-refractivity contribution >= 4 is 11.6 Å². The number of hydrogen-bond acceptors (Lipinski definition) is 4. The largest absolute Gasteiger partial charge is 0.352 e. The highest BCUT2D eigenvalue weighted by Gasteiger charge is 2.23. The van der Waals surface area contributed by atoms with Gasteiger partial charge in [0.25, 0.3) is 11.2 Å². The molecular formula is C14H19N3O4. The van der Waals surface area contributed by atoms with E-state index in [1.807, 2.05) is 0 Å². The summed E-state index contributed by atoms with van der Waals surface area (Å²) in [4.78, 5) is 33.8. The minimum absolute atomic E-state index is 0.126. The van der Waals surface area contributed by atoms with Gasteiger partial charge in [-0.3, -0.25) is 24.3 Å². The molecule has 1 aliphatic rings. The van der Waals surface area contributed by atoms with E-state index in [-0.39, 0.29) is 24.2 Å². The molecule has 1 aromatic heterocycles. The van der Waals surface area contributed by atoms with Gasteiger partial charge in [0.05, 0.1) is 11.1 Å². The van der Waals surface area contributed by atoms with Crippen molar-refractivity contribution in [2.24, 2.45) is 5.92 Å². The third kappa shape index (κ3) is 3.90. The van der Waals surface area contributed by atoms with Crippen LogP contribution in [-0.2, 0) is 11.3 Å². The molecule has 0 bridgehead atoms. The van der Waals surface area contributed by atoms with Crippen LogP contribution in [0, 0.1) is 16.0 Å². The Balaban J connectivity index is 2.03. The first-order valence-electron chi connectivity index (χ1n) is 7.11. The normalized spacial score (nSPS) is 21.8. The Hall–Kier alpha value is -2.18. The quantitative estimate of drug-likeness (QED) is 0.671. The van der Waals surface area contributed by atoms with Crippen molar-refractivity contribution in [3.05, 3.63) is 38.8 Å². The molecule has 0 unspecified atom stereocenters. The highest BCUT2D eigenvalue weighted by molar-refractivity contribution is 5.76. The van der Waals surface area contributed by atoms with E-state index in [1.165, 1.54) is 6.42 Å². The maximum absolute atomic E-state index is 12.0. The van der Waals surface area contributed by atoms with Gasteiger partial charge < -0.3 is 5.32 Å². The summed E-state index contributed by atoms with van der Waals surface area (Å²) in [5.41, 5.74) is -0.624. The molecule has 0 aromatic carbocycles. The van der Waals surface area contributed by atoms with Crippen molar-refractivity contribution in [2.45, 2.75) is 45.2 Å². The fraction of sp³-hybridized carbons (Fsp3) is 0.571. The van der Waals surface area contributed by atoms with Gasteiger partial charge in [-0.1, -0.05) is 19.8 Å². The highest BCUT2D eigenvalue weighted by Crippen LogP contribution is 2.23. The molecule has 1 N–H and O–H groups in total. The molecule has 0 saturated heterocycles. The van der Waals surface area contributed by atoms with Crippen molar-refractivity contribution in [2.75, 3.05) is 0 Å². The molecule has 1 amide bonds. The molecule has 1 aliphatic carbocycles. The molecule has 7 nitrogen and oxygen atoms in total. The number of hydrogen-bond donors (Lipinski definition) is 1. The lowest BCUT2D eigenvalue weighted by Crippen LogP contribution is -2.43. The van der Waals surface area contributed by atoms with E-state index in [0.717, 1.165) is 42.2 Å². The number of carbonyl (C=O) groups excluding carboxylic acids is 1. The van der Waals surface area contributed by atoms with Gasteiger partial charge >= 0.3 is 0 Å². The van der Waals surface area contributed by atoms with Crippen molar-refractivity contribution < 1.29 is 9.72 Å². The molecule has 1 heterocycles. The fourth-order valence-corrected chi connectivity index (χ4v) is 2.69. The second kappa shape index (κ2) is 6.51. The monoisotopic (exact) mass is 293 g/mol. The number of aromatic nitrogens is 1. The Labute approximate surface area is 122 Å². The van der Waals surface area contributed by atoms with Crippen LogP contribution in [0.4, 0.5) is 5.69 Å². The molecule has 0 aliphatic heterocycles. The molecule has 7 heteroatoms. The Morgan fingerprint density at radius 3 is 2.81 bits per heavy atom. The van der Waals surface area contributed by atoms with Crippen LogP contribution in [0.15, 0.2) is 23.1 Å². The maximum Gasteiger partial charge on any atom is 0.285 e. The second-order valence-corrected chi connectivity index (χ2v) is 5.55. The number of pyridine rings is 1. The summed E-state index contributed by atoms with van der Waals surface area (Å²) in [6.07, 6.45) is 5.40. The minimum atomic E-state index is -0.586. The summed E-state index contributed by atoms with van der Waals surface area (Å²) < 4.78 is 1.07. The SMILES string of the molecule is C[C@H]1CCCC[C@@H]1NC(=O)Cn1cc([N+](=O)[O-])ccc1=O. The molecule has 2 atom stereocenters.